The van der Waals surface area contributed by atoms with Crippen LogP contribution in [0.25, 0.3) is 0 Å². The molecule has 0 saturated carbocycles. The maximum absolute atomic E-state index is 12.7. The third-order valence-corrected chi connectivity index (χ3v) is 5.09. The molecule has 27 heavy (non-hydrogen) atoms. The molecule has 0 bridgehead atoms. The molecular weight excluding hydrogens is 521 g/mol. The van der Waals surface area contributed by atoms with Gasteiger partial charge in [-0.3, -0.25) is 4.79 Å². The van der Waals surface area contributed by atoms with Crippen LogP contribution in [0.5, 0.6) is 11.5 Å². The zero-order valence-corrected chi connectivity index (χ0v) is 18.3. The molecule has 0 atom stereocenters. The minimum absolute atomic E-state index is 0.210. The molecule has 0 aliphatic rings. The van der Waals surface area contributed by atoms with Crippen LogP contribution in [0, 0.1) is 3.57 Å². The van der Waals surface area contributed by atoms with Crippen LogP contribution in [0.4, 0.5) is 5.69 Å². The highest BCUT2D eigenvalue weighted by molar-refractivity contribution is 14.1. The van der Waals surface area contributed by atoms with Crippen molar-refractivity contribution in [2.45, 2.75) is 6.61 Å². The van der Waals surface area contributed by atoms with Crippen molar-refractivity contribution in [3.63, 3.8) is 0 Å². The summed E-state index contributed by atoms with van der Waals surface area (Å²) in [6.45, 7) is 0.393. The average Bonchev–Trinajstić information content (AvgIpc) is 2.66. The Kier molecular flexibility index (Phi) is 6.73. The van der Waals surface area contributed by atoms with Crippen molar-refractivity contribution in [3.8, 4) is 11.5 Å². The van der Waals surface area contributed by atoms with Crippen molar-refractivity contribution >= 4 is 50.1 Å². The quantitative estimate of drug-likeness (QED) is 0.399. The van der Waals surface area contributed by atoms with Crippen molar-refractivity contribution in [1.29, 1.82) is 0 Å². The first-order chi connectivity index (χ1) is 13.1. The fraction of sp³-hybridized carbons (Fsp3) is 0.0952. The van der Waals surface area contributed by atoms with Crippen LogP contribution in [0.15, 0.2) is 71.2 Å². The summed E-state index contributed by atoms with van der Waals surface area (Å²) >= 11 is 5.55. The lowest BCUT2D eigenvalue weighted by Crippen LogP contribution is -2.13. The van der Waals surface area contributed by atoms with Crippen LogP contribution in [-0.2, 0) is 6.61 Å². The molecule has 3 rings (SSSR count). The van der Waals surface area contributed by atoms with Crippen molar-refractivity contribution in [3.05, 3.63) is 85.9 Å². The summed E-state index contributed by atoms with van der Waals surface area (Å²) < 4.78 is 13.1. The zero-order chi connectivity index (χ0) is 19.2. The van der Waals surface area contributed by atoms with Gasteiger partial charge in [0.1, 0.15) is 6.61 Å². The summed E-state index contributed by atoms with van der Waals surface area (Å²) in [4.78, 5) is 12.7. The van der Waals surface area contributed by atoms with Gasteiger partial charge >= 0.3 is 0 Å². The van der Waals surface area contributed by atoms with Gasteiger partial charge in [0.15, 0.2) is 11.5 Å². The van der Waals surface area contributed by atoms with Crippen LogP contribution in [0.1, 0.15) is 15.9 Å². The van der Waals surface area contributed by atoms with Crippen LogP contribution in [0.3, 0.4) is 0 Å². The van der Waals surface area contributed by atoms with E-state index >= 15 is 0 Å². The Labute approximate surface area is 180 Å². The van der Waals surface area contributed by atoms with Gasteiger partial charge < -0.3 is 14.8 Å². The lowest BCUT2D eigenvalue weighted by atomic mass is 10.1. The van der Waals surface area contributed by atoms with Crippen molar-refractivity contribution < 1.29 is 14.3 Å². The predicted molar refractivity (Wildman–Crippen MR) is 119 cm³/mol. The second kappa shape index (κ2) is 9.23. The van der Waals surface area contributed by atoms with E-state index in [1.165, 1.54) is 0 Å². The summed E-state index contributed by atoms with van der Waals surface area (Å²) in [6, 6.07) is 20.8. The number of halogens is 2. The number of carbonyl (C=O) groups excluding carboxylic acids is 1. The van der Waals surface area contributed by atoms with Crippen LogP contribution >= 0.6 is 38.5 Å². The van der Waals surface area contributed by atoms with E-state index in [2.05, 4.69) is 43.8 Å². The van der Waals surface area contributed by atoms with Crippen LogP contribution < -0.4 is 14.8 Å². The summed E-state index contributed by atoms with van der Waals surface area (Å²) in [6.07, 6.45) is 0. The lowest BCUT2D eigenvalue weighted by molar-refractivity contribution is 0.102. The number of rotatable bonds is 6. The molecule has 138 valence electrons. The van der Waals surface area contributed by atoms with Gasteiger partial charge in [0.2, 0.25) is 0 Å². The van der Waals surface area contributed by atoms with E-state index in [0.29, 0.717) is 29.4 Å². The molecule has 3 aromatic carbocycles. The molecule has 0 saturated heterocycles. The molecule has 0 heterocycles. The van der Waals surface area contributed by atoms with Gasteiger partial charge in [-0.05, 0) is 58.5 Å². The Morgan fingerprint density at radius 3 is 2.56 bits per heavy atom. The minimum Gasteiger partial charge on any atom is -0.492 e. The Hall–Kier alpha value is -2.06. The number of benzene rings is 3. The molecule has 0 aromatic heterocycles. The Morgan fingerprint density at radius 1 is 1.07 bits per heavy atom. The van der Waals surface area contributed by atoms with Gasteiger partial charge in [-0.2, -0.15) is 0 Å². The van der Waals surface area contributed by atoms with Crippen LogP contribution in [-0.4, -0.2) is 13.0 Å². The number of nitrogens with one attached hydrogen (secondary N) is 1. The maximum Gasteiger partial charge on any atom is 0.255 e. The lowest BCUT2D eigenvalue weighted by Gasteiger charge is -2.14. The molecule has 1 amide bonds. The number of ether oxygens (including phenoxy) is 2. The Bertz CT molecular complexity index is 947. The minimum atomic E-state index is -0.210. The fourth-order valence-corrected chi connectivity index (χ4v) is 3.73. The summed E-state index contributed by atoms with van der Waals surface area (Å²) in [7, 11) is 1.59. The number of methoxy groups -OCH3 is 1. The topological polar surface area (TPSA) is 47.6 Å². The number of carbonyl (C=O) groups is 1. The molecule has 6 heteroatoms. The molecule has 3 aromatic rings. The van der Waals surface area contributed by atoms with Crippen molar-refractivity contribution in [2.24, 2.45) is 0 Å². The fourth-order valence-electron chi connectivity index (χ4n) is 2.51. The molecule has 4 nitrogen and oxygen atoms in total. The normalized spacial score (nSPS) is 10.3. The van der Waals surface area contributed by atoms with E-state index in [9.17, 15) is 4.79 Å². The number of hydrogen-bond donors (Lipinski definition) is 1. The van der Waals surface area contributed by atoms with Gasteiger partial charge in [-0.15, -0.1) is 0 Å². The first-order valence-electron chi connectivity index (χ1n) is 8.18. The summed E-state index contributed by atoms with van der Waals surface area (Å²) in [5.41, 5.74) is 2.26. The van der Waals surface area contributed by atoms with Gasteiger partial charge in [-0.25, -0.2) is 0 Å². The molecule has 0 aliphatic carbocycles. The highest BCUT2D eigenvalue weighted by Crippen LogP contribution is 2.34. The van der Waals surface area contributed by atoms with E-state index in [1.54, 1.807) is 19.2 Å². The zero-order valence-electron chi connectivity index (χ0n) is 14.5. The van der Waals surface area contributed by atoms with E-state index < -0.39 is 0 Å². The highest BCUT2D eigenvalue weighted by Gasteiger charge is 2.16. The third-order valence-electron chi connectivity index (χ3n) is 3.80. The summed E-state index contributed by atoms with van der Waals surface area (Å²) in [5.74, 6) is 0.941. The van der Waals surface area contributed by atoms with Crippen molar-refractivity contribution in [1.82, 2.24) is 0 Å². The van der Waals surface area contributed by atoms with E-state index in [1.807, 2.05) is 54.6 Å². The van der Waals surface area contributed by atoms with E-state index in [0.717, 1.165) is 13.6 Å². The SMILES string of the molecule is COc1c(I)cc(C(=O)Nc2cccc(Br)c2)cc1OCc1ccccc1. The maximum atomic E-state index is 12.7. The first-order valence-corrected chi connectivity index (χ1v) is 10.0. The monoisotopic (exact) mass is 537 g/mol. The summed E-state index contributed by atoms with van der Waals surface area (Å²) in [5, 5.41) is 2.90. The largest absolute Gasteiger partial charge is 0.492 e. The molecule has 0 spiro atoms. The second-order valence-electron chi connectivity index (χ2n) is 5.73. The molecule has 0 fully saturated rings. The number of amides is 1. The molecule has 0 unspecified atom stereocenters. The third kappa shape index (κ3) is 5.23. The number of hydrogen-bond acceptors (Lipinski definition) is 3. The first kappa shape index (κ1) is 19.7. The second-order valence-corrected chi connectivity index (χ2v) is 7.81. The van der Waals surface area contributed by atoms with Crippen molar-refractivity contribution in [2.75, 3.05) is 12.4 Å². The molecule has 0 aliphatic heterocycles. The average molecular weight is 538 g/mol. The van der Waals surface area contributed by atoms with Gasteiger partial charge in [0.05, 0.1) is 10.7 Å². The van der Waals surface area contributed by atoms with E-state index in [-0.39, 0.29) is 5.91 Å². The standard InChI is InChI=1S/C21H17BrINO3/c1-26-20-18(23)10-15(21(25)24-17-9-5-8-16(22)12-17)11-19(20)27-13-14-6-3-2-4-7-14/h2-12H,13H2,1H3,(H,24,25). The van der Waals surface area contributed by atoms with Gasteiger partial charge in [0, 0.05) is 15.7 Å². The van der Waals surface area contributed by atoms with Gasteiger partial charge in [0.25, 0.3) is 5.91 Å². The smallest absolute Gasteiger partial charge is 0.255 e. The van der Waals surface area contributed by atoms with Crippen LogP contribution in [0.2, 0.25) is 0 Å². The van der Waals surface area contributed by atoms with E-state index in [4.69, 9.17) is 9.47 Å². The molecular formula is C21H17BrINO3. The van der Waals surface area contributed by atoms with Gasteiger partial charge in [-0.1, -0.05) is 52.3 Å². The molecule has 1 N–H and O–H groups in total. The Balaban J connectivity index is 1.83. The Morgan fingerprint density at radius 2 is 1.85 bits per heavy atom. The number of anilines is 1. The predicted octanol–water partition coefficient (Wildman–Crippen LogP) is 5.89. The molecule has 0 radical (unpaired) electrons. The highest BCUT2D eigenvalue weighted by atomic mass is 127.